The maximum absolute atomic E-state index is 13.0. The fourth-order valence-corrected chi connectivity index (χ4v) is 6.73. The number of carbonyl (C=O) groups is 1. The number of amides is 1. The van der Waals surface area contributed by atoms with Gasteiger partial charge in [-0.1, -0.05) is 18.2 Å². The van der Waals surface area contributed by atoms with Gasteiger partial charge in [-0.3, -0.25) is 4.79 Å². The van der Waals surface area contributed by atoms with Gasteiger partial charge in [0.25, 0.3) is 5.91 Å². The van der Waals surface area contributed by atoms with Crippen molar-refractivity contribution in [3.63, 3.8) is 0 Å². The first-order chi connectivity index (χ1) is 16.3. The molecular formula is C25H29N3O5S. The average Bonchev–Trinajstić information content (AvgIpc) is 3.23. The number of fused-ring (bicyclic) bond motifs is 4. The standard InChI is InChI=1S/C25H29N3O5S/c1-33-18-8-9-19-20(14-18)26-23-21(15-29)28(34(2,31)32)16-25(22(19)23)10-12-27(13-11-25)24(30)17-6-4-3-5-7-17/h3-9,14,21,26,29H,10-13,15-16H2,1-2H3/t21-/m1/s1. The van der Waals surface area contributed by atoms with Gasteiger partial charge in [-0.2, -0.15) is 4.31 Å². The van der Waals surface area contributed by atoms with Crippen LogP contribution < -0.4 is 4.74 Å². The predicted molar refractivity (Wildman–Crippen MR) is 129 cm³/mol. The third-order valence-corrected chi connectivity index (χ3v) is 8.57. The highest BCUT2D eigenvalue weighted by Crippen LogP contribution is 2.49. The molecule has 2 aromatic carbocycles. The number of H-pyrrole nitrogens is 1. The Morgan fingerprint density at radius 3 is 2.50 bits per heavy atom. The third kappa shape index (κ3) is 3.68. The summed E-state index contributed by atoms with van der Waals surface area (Å²) in [7, 11) is -1.98. The normalized spacial score (nSPS) is 20.4. The van der Waals surface area contributed by atoms with Crippen LogP contribution in [0.4, 0.5) is 0 Å². The number of piperidine rings is 1. The number of aromatic nitrogens is 1. The minimum atomic E-state index is -3.58. The van der Waals surface area contributed by atoms with E-state index in [-0.39, 0.29) is 19.1 Å². The van der Waals surface area contributed by atoms with E-state index >= 15 is 0 Å². The van der Waals surface area contributed by atoms with E-state index in [1.165, 1.54) is 10.6 Å². The van der Waals surface area contributed by atoms with Gasteiger partial charge in [-0.15, -0.1) is 0 Å². The molecule has 0 saturated carbocycles. The lowest BCUT2D eigenvalue weighted by molar-refractivity contribution is 0.0601. The van der Waals surface area contributed by atoms with E-state index in [1.54, 1.807) is 7.11 Å². The highest BCUT2D eigenvalue weighted by Gasteiger charge is 2.50. The monoisotopic (exact) mass is 483 g/mol. The SMILES string of the molecule is COc1ccc2c3c([nH]c2c1)[C@@H](CO)N(S(C)(=O)=O)CC31CCN(C(=O)c2ccccc2)CC1. The maximum atomic E-state index is 13.0. The topological polar surface area (TPSA) is 103 Å². The molecule has 1 atom stereocenters. The second-order valence-corrected chi connectivity index (χ2v) is 11.2. The maximum Gasteiger partial charge on any atom is 0.253 e. The number of hydrogen-bond donors (Lipinski definition) is 2. The first-order valence-electron chi connectivity index (χ1n) is 11.4. The fourth-order valence-electron chi connectivity index (χ4n) is 5.62. The van der Waals surface area contributed by atoms with E-state index in [2.05, 4.69) is 4.98 Å². The lowest BCUT2D eigenvalue weighted by atomic mass is 9.69. The summed E-state index contributed by atoms with van der Waals surface area (Å²) in [6.07, 6.45) is 2.44. The number of nitrogens with one attached hydrogen (secondary N) is 1. The van der Waals surface area contributed by atoms with Crippen molar-refractivity contribution in [2.45, 2.75) is 24.3 Å². The van der Waals surface area contributed by atoms with Crippen molar-refractivity contribution in [1.82, 2.24) is 14.2 Å². The number of aliphatic hydroxyl groups excluding tert-OH is 1. The Morgan fingerprint density at radius 2 is 1.88 bits per heavy atom. The summed E-state index contributed by atoms with van der Waals surface area (Å²) in [6.45, 7) is 1.00. The van der Waals surface area contributed by atoms with Crippen LogP contribution in [0.2, 0.25) is 0 Å². The summed E-state index contributed by atoms with van der Waals surface area (Å²) in [5.74, 6) is 0.687. The summed E-state index contributed by atoms with van der Waals surface area (Å²) in [6, 6.07) is 14.3. The van der Waals surface area contributed by atoms with Gasteiger partial charge in [-0.05, 0) is 42.7 Å². The Hall–Kier alpha value is -2.88. The van der Waals surface area contributed by atoms with Crippen molar-refractivity contribution < 1.29 is 23.1 Å². The number of aliphatic hydroxyl groups is 1. The zero-order chi connectivity index (χ0) is 24.1. The molecule has 1 spiro atoms. The van der Waals surface area contributed by atoms with Crippen molar-refractivity contribution in [1.29, 1.82) is 0 Å². The summed E-state index contributed by atoms with van der Waals surface area (Å²) >= 11 is 0. The Balaban J connectivity index is 1.58. The Kier molecular flexibility index (Phi) is 5.66. The zero-order valence-electron chi connectivity index (χ0n) is 19.3. The highest BCUT2D eigenvalue weighted by molar-refractivity contribution is 7.88. The van der Waals surface area contributed by atoms with E-state index in [1.807, 2.05) is 53.4 Å². The van der Waals surface area contributed by atoms with Crippen LogP contribution in [0.5, 0.6) is 5.75 Å². The number of aromatic amines is 1. The lowest BCUT2D eigenvalue weighted by Crippen LogP contribution is -2.55. The molecule has 3 aromatic rings. The van der Waals surface area contributed by atoms with Crippen molar-refractivity contribution in [3.8, 4) is 5.75 Å². The molecule has 180 valence electrons. The molecule has 0 radical (unpaired) electrons. The van der Waals surface area contributed by atoms with Crippen LogP contribution in [0.1, 0.15) is 40.5 Å². The van der Waals surface area contributed by atoms with Crippen molar-refractivity contribution in [3.05, 3.63) is 65.4 Å². The molecule has 9 heteroatoms. The molecule has 1 saturated heterocycles. The lowest BCUT2D eigenvalue weighted by Gasteiger charge is -2.49. The van der Waals surface area contributed by atoms with E-state index in [0.29, 0.717) is 37.2 Å². The largest absolute Gasteiger partial charge is 0.497 e. The summed E-state index contributed by atoms with van der Waals surface area (Å²) in [5.41, 5.74) is 2.81. The number of nitrogens with zero attached hydrogens (tertiary/aromatic N) is 2. The molecule has 1 amide bonds. The van der Waals surface area contributed by atoms with Crippen LogP contribution in [-0.4, -0.2) is 73.2 Å². The number of hydrogen-bond acceptors (Lipinski definition) is 5. The Morgan fingerprint density at radius 1 is 1.18 bits per heavy atom. The van der Waals surface area contributed by atoms with E-state index in [9.17, 15) is 18.3 Å². The molecule has 2 aliphatic heterocycles. The quantitative estimate of drug-likeness (QED) is 0.594. The number of sulfonamides is 1. The fraction of sp³-hybridized carbons (Fsp3) is 0.400. The molecule has 3 heterocycles. The summed E-state index contributed by atoms with van der Waals surface area (Å²) in [5, 5.41) is 11.2. The van der Waals surface area contributed by atoms with Crippen LogP contribution in [0, 0.1) is 0 Å². The molecular weight excluding hydrogens is 454 g/mol. The number of carbonyl (C=O) groups excluding carboxylic acids is 1. The van der Waals surface area contributed by atoms with Crippen LogP contribution in [0.3, 0.4) is 0 Å². The van der Waals surface area contributed by atoms with Crippen LogP contribution in [-0.2, 0) is 15.4 Å². The van der Waals surface area contributed by atoms with Crippen molar-refractivity contribution >= 4 is 26.8 Å². The average molecular weight is 484 g/mol. The first-order valence-corrected chi connectivity index (χ1v) is 13.2. The van der Waals surface area contributed by atoms with Crippen molar-refractivity contribution in [2.75, 3.05) is 39.6 Å². The molecule has 2 aliphatic rings. The molecule has 0 bridgehead atoms. The smallest absolute Gasteiger partial charge is 0.253 e. The molecule has 5 rings (SSSR count). The predicted octanol–water partition coefficient (Wildman–Crippen LogP) is 2.66. The van der Waals surface area contributed by atoms with Gasteiger partial charge < -0.3 is 19.7 Å². The van der Waals surface area contributed by atoms with Gasteiger partial charge in [0.1, 0.15) is 5.75 Å². The number of methoxy groups -OCH3 is 1. The number of rotatable bonds is 4. The van der Waals surface area contributed by atoms with Gasteiger partial charge in [-0.25, -0.2) is 8.42 Å². The highest BCUT2D eigenvalue weighted by atomic mass is 32.2. The van der Waals surface area contributed by atoms with E-state index in [0.717, 1.165) is 22.2 Å². The molecule has 1 fully saturated rings. The Bertz CT molecular complexity index is 1330. The minimum absolute atomic E-state index is 0.0108. The Labute approximate surface area is 199 Å². The molecule has 34 heavy (non-hydrogen) atoms. The molecule has 2 N–H and O–H groups in total. The van der Waals surface area contributed by atoms with Gasteiger partial charge >= 0.3 is 0 Å². The zero-order valence-corrected chi connectivity index (χ0v) is 20.1. The van der Waals surface area contributed by atoms with E-state index < -0.39 is 21.5 Å². The second-order valence-electron chi connectivity index (χ2n) is 9.27. The molecule has 1 aromatic heterocycles. The van der Waals surface area contributed by atoms with Crippen LogP contribution in [0.15, 0.2) is 48.5 Å². The van der Waals surface area contributed by atoms with Crippen LogP contribution in [0.25, 0.3) is 10.9 Å². The number of ether oxygens (including phenoxy) is 1. The van der Waals surface area contributed by atoms with E-state index in [4.69, 9.17) is 4.74 Å². The van der Waals surface area contributed by atoms with Gasteiger partial charge in [0.15, 0.2) is 0 Å². The van der Waals surface area contributed by atoms with Gasteiger partial charge in [0.05, 0.1) is 26.0 Å². The number of benzene rings is 2. The summed E-state index contributed by atoms with van der Waals surface area (Å²) < 4.78 is 32.4. The second kappa shape index (κ2) is 8.41. The third-order valence-electron chi connectivity index (χ3n) is 7.33. The van der Waals surface area contributed by atoms with Crippen LogP contribution >= 0.6 is 0 Å². The van der Waals surface area contributed by atoms with Crippen molar-refractivity contribution in [2.24, 2.45) is 0 Å². The minimum Gasteiger partial charge on any atom is -0.497 e. The molecule has 8 nitrogen and oxygen atoms in total. The molecule has 0 aliphatic carbocycles. The molecule has 0 unspecified atom stereocenters. The summed E-state index contributed by atoms with van der Waals surface area (Å²) in [4.78, 5) is 18.3. The first kappa shape index (κ1) is 22.9. The number of likely N-dealkylation sites (tertiary alicyclic amines) is 1. The van der Waals surface area contributed by atoms with Gasteiger partial charge in [0.2, 0.25) is 10.0 Å². The van der Waals surface area contributed by atoms with Gasteiger partial charge in [0, 0.05) is 53.3 Å².